The van der Waals surface area contributed by atoms with Crippen LogP contribution in [0.4, 0.5) is 15.7 Å². The van der Waals surface area contributed by atoms with E-state index >= 15 is 0 Å². The predicted molar refractivity (Wildman–Crippen MR) is 367 cm³/mol. The van der Waals surface area contributed by atoms with Gasteiger partial charge in [0.05, 0.1) is 35.2 Å². The average Bonchev–Trinajstić information content (AvgIpc) is 0.902. The average molecular weight is 1460 g/mol. The van der Waals surface area contributed by atoms with E-state index in [0.29, 0.717) is 53.7 Å². The Balaban J connectivity index is 0.673. The molecule has 4 aliphatic carbocycles. The fourth-order valence-corrected chi connectivity index (χ4v) is 17.9. The number of para-hydroxylation sites is 1. The number of nitrogens with zero attached hydrogens (tertiary/aromatic N) is 7. The summed E-state index contributed by atoms with van der Waals surface area (Å²) in [4.78, 5) is 116. The molecule has 13 rings (SSSR count). The van der Waals surface area contributed by atoms with Crippen molar-refractivity contribution >= 4 is 90.2 Å². The lowest BCUT2D eigenvalue weighted by Gasteiger charge is -2.69. The number of hydrogen-bond acceptors (Lipinski definition) is 23. The first-order valence-electron chi connectivity index (χ1n) is 33.6. The molecule has 6 aromatic rings. The lowest BCUT2D eigenvalue weighted by molar-refractivity contribution is -0.271. The molecule has 6 amide bonds. The number of aromatic carboxylic acids is 1. The molecule has 2 unspecified atom stereocenters. The number of likely N-dealkylation sites (N-methyl/N-ethyl adjacent to an activating group) is 1. The van der Waals surface area contributed by atoms with Gasteiger partial charge in [-0.3, -0.25) is 43.4 Å². The number of ether oxygens (including phenoxy) is 5. The Labute approximate surface area is 594 Å². The van der Waals surface area contributed by atoms with E-state index in [9.17, 15) is 76.9 Å². The molecule has 31 nitrogen and oxygen atoms in total. The number of aliphatic carboxylic acids is 1. The maximum atomic E-state index is 13.8. The van der Waals surface area contributed by atoms with Crippen molar-refractivity contribution in [3.05, 3.63) is 125 Å². The highest BCUT2D eigenvalue weighted by molar-refractivity contribution is 7.85. The van der Waals surface area contributed by atoms with Crippen molar-refractivity contribution < 1.29 is 101 Å². The summed E-state index contributed by atoms with van der Waals surface area (Å²) in [5.74, 6) is -7.20. The number of pyridine rings is 1. The fraction of sp³-hybridized carbons (Fsp3) is 0.471. The largest absolute Gasteiger partial charge is 0.493 e. The third-order valence-corrected chi connectivity index (χ3v) is 21.6. The fourth-order valence-electron chi connectivity index (χ4n) is 16.4. The maximum Gasteiger partial charge on any atom is 0.409 e. The summed E-state index contributed by atoms with van der Waals surface area (Å²) < 4.78 is 66.1. The van der Waals surface area contributed by atoms with E-state index in [2.05, 4.69) is 34.8 Å². The van der Waals surface area contributed by atoms with Gasteiger partial charge in [0, 0.05) is 98.9 Å². The third-order valence-electron chi connectivity index (χ3n) is 19.9. The summed E-state index contributed by atoms with van der Waals surface area (Å²) in [5, 5.41) is 64.8. The van der Waals surface area contributed by atoms with Gasteiger partial charge in [0.25, 0.3) is 27.8 Å². The van der Waals surface area contributed by atoms with Gasteiger partial charge in [-0.2, -0.15) is 13.5 Å². The Kier molecular flexibility index (Phi) is 20.9. The number of carboxylic acids is 2. The molecule has 0 spiro atoms. The molecule has 4 saturated carbocycles. The minimum absolute atomic E-state index is 0.0114. The number of aliphatic hydroxyl groups excluding tert-OH is 3. The number of aromatic nitrogens is 4. The number of fused-ring (bicyclic) bond motifs is 2. The van der Waals surface area contributed by atoms with Crippen LogP contribution in [0.1, 0.15) is 108 Å². The Hall–Kier alpha value is -9.48. The first kappa shape index (κ1) is 73.3. The van der Waals surface area contributed by atoms with Gasteiger partial charge < -0.3 is 69.7 Å². The van der Waals surface area contributed by atoms with Crippen LogP contribution >= 0.6 is 11.3 Å². The zero-order chi connectivity index (χ0) is 73.5. The van der Waals surface area contributed by atoms with Gasteiger partial charge in [-0.15, -0.1) is 0 Å². The highest BCUT2D eigenvalue weighted by atomic mass is 32.2. The predicted octanol–water partition coefficient (Wildman–Crippen LogP) is 4.62. The summed E-state index contributed by atoms with van der Waals surface area (Å²) in [6, 6.07) is 19.2. The van der Waals surface area contributed by atoms with Crippen LogP contribution in [-0.4, -0.2) is 210 Å². The number of hydrogen-bond donors (Lipinski definition) is 9. The monoisotopic (exact) mass is 1460 g/mol. The van der Waals surface area contributed by atoms with Crippen LogP contribution in [0.15, 0.2) is 91.1 Å². The van der Waals surface area contributed by atoms with Crippen molar-refractivity contribution in [1.29, 1.82) is 0 Å². The van der Waals surface area contributed by atoms with Crippen LogP contribution in [0.25, 0.3) is 21.3 Å². The molecule has 3 aromatic carbocycles. The number of rotatable bonds is 28. The minimum atomic E-state index is -4.83. The van der Waals surface area contributed by atoms with E-state index in [1.807, 2.05) is 59.0 Å². The van der Waals surface area contributed by atoms with Gasteiger partial charge in [0.2, 0.25) is 18.1 Å². The van der Waals surface area contributed by atoms with E-state index < -0.39 is 106 Å². The molecule has 103 heavy (non-hydrogen) atoms. The van der Waals surface area contributed by atoms with E-state index in [4.69, 9.17) is 33.8 Å². The third kappa shape index (κ3) is 16.3. The topological polar surface area (TPSA) is 428 Å². The molecule has 9 N–H and O–H groups in total. The van der Waals surface area contributed by atoms with Gasteiger partial charge in [-0.05, 0) is 128 Å². The Morgan fingerprint density at radius 1 is 0.864 bits per heavy atom. The molecule has 8 atom stereocenters. The van der Waals surface area contributed by atoms with Gasteiger partial charge in [0.1, 0.15) is 54.0 Å². The van der Waals surface area contributed by atoms with Crippen molar-refractivity contribution in [2.24, 2.45) is 16.2 Å². The SMILES string of the molecule is Cc1c(-c2ccc(N3CCc4cccc(C(=O)Nc5nc6ccccc6s5)c4C3)nc2C(=O)O)cnn1CC12CC3(C)CC(C)(C1)CC(OCCN(C)C(=O)OCc1ccc(O[C@@H]4O[C@H](C(=O)O)[C@@H](O)[C@H](O)[C@H]4O)cc1OCCCNC(=O)[C@H](CS(=O)(=O)O)NC(=O)CCN1C(=O)C=CC1=O)(C3)C2. The molecule has 6 heterocycles. The maximum absolute atomic E-state index is 13.8. The number of carbonyl (C=O) groups excluding carboxylic acids is 6. The molecule has 3 aromatic heterocycles. The van der Waals surface area contributed by atoms with Crippen LogP contribution in [0, 0.1) is 23.2 Å². The molecule has 548 valence electrons. The van der Waals surface area contributed by atoms with E-state index in [0.717, 1.165) is 82.6 Å². The number of anilines is 2. The first-order chi connectivity index (χ1) is 48.9. The molecular formula is C70H80N10O21S2. The van der Waals surface area contributed by atoms with Gasteiger partial charge in [-0.1, -0.05) is 49.4 Å². The minimum Gasteiger partial charge on any atom is -0.493 e. The van der Waals surface area contributed by atoms with Gasteiger partial charge in [-0.25, -0.2) is 24.4 Å². The zero-order valence-corrected chi connectivity index (χ0v) is 58.4. The lowest BCUT2D eigenvalue weighted by atomic mass is 9.39. The molecule has 0 radical (unpaired) electrons. The Bertz CT molecular complexity index is 4420. The summed E-state index contributed by atoms with van der Waals surface area (Å²) in [6.07, 6.45) is -1.38. The van der Waals surface area contributed by atoms with Crippen LogP contribution in [-0.2, 0) is 74.4 Å². The molecular weight excluding hydrogens is 1380 g/mol. The first-order valence-corrected chi connectivity index (χ1v) is 36.0. The normalized spacial score (nSPS) is 25.1. The number of thiazole rings is 1. The summed E-state index contributed by atoms with van der Waals surface area (Å²) >= 11 is 1.39. The van der Waals surface area contributed by atoms with Crippen LogP contribution in [0.3, 0.4) is 0 Å². The smallest absolute Gasteiger partial charge is 0.409 e. The summed E-state index contributed by atoms with van der Waals surface area (Å²) in [6.45, 7) is 7.15. The standard InChI is InChI=1S/C70H80N10O21S2/c1-39-45(43-15-16-51(75-55(43)62(89)90)78-22-19-40-9-7-10-44(46(40)29-78)60(87)76-65-74-47-11-5-6-12-50(47)102-65)28-72-80(39)38-69-33-67(2)32-68(3,34-69)36-70(35-67,37-69)99-26-24-77(4)66(93)98-30-41-13-14-42(100-64-58(86)56(84)57(85)59(101-64)63(91)92)27-49(41)97-25-8-21-71-61(88)48(31-103(94,95)96)73-52(81)20-23-79-53(82)17-18-54(79)83/h5-7,9-18,27-28,48,56-59,64,84-86H,8,19-26,29-38H2,1-4H3,(H,71,88)(H,73,81)(H,89,90)(H,91,92)(H,74,76,87)(H,94,95,96)/t48-,56-,57-,58+,59-,64+,67?,68?,69?,70?/m0/s1. The van der Waals surface area contributed by atoms with Crippen LogP contribution in [0.2, 0.25) is 0 Å². The summed E-state index contributed by atoms with van der Waals surface area (Å²) in [7, 11) is -3.27. The molecule has 33 heteroatoms. The number of carbonyl (C=O) groups is 8. The molecule has 5 fully saturated rings. The number of amides is 6. The van der Waals surface area contributed by atoms with Crippen molar-refractivity contribution in [3.63, 3.8) is 0 Å². The second-order valence-corrected chi connectivity index (χ2v) is 30.8. The molecule has 1 saturated heterocycles. The van der Waals surface area contributed by atoms with Gasteiger partial charge in [0.15, 0.2) is 16.9 Å². The van der Waals surface area contributed by atoms with Crippen molar-refractivity contribution in [3.8, 4) is 22.6 Å². The van der Waals surface area contributed by atoms with Crippen LogP contribution in [0.5, 0.6) is 11.5 Å². The number of benzene rings is 3. The second-order valence-electron chi connectivity index (χ2n) is 28.3. The van der Waals surface area contributed by atoms with E-state index in [1.165, 1.54) is 34.4 Å². The quantitative estimate of drug-likeness (QED) is 0.0184. The van der Waals surface area contributed by atoms with Crippen LogP contribution < -0.4 is 30.3 Å². The second kappa shape index (κ2) is 29.3. The van der Waals surface area contributed by atoms with Crippen molar-refractivity contribution in [2.45, 2.75) is 141 Å². The lowest BCUT2D eigenvalue weighted by Crippen LogP contribution is -2.64. The highest BCUT2D eigenvalue weighted by Crippen LogP contribution is 2.72. The summed E-state index contributed by atoms with van der Waals surface area (Å²) in [5.41, 5.74) is 4.19. The van der Waals surface area contributed by atoms with E-state index in [1.54, 1.807) is 25.4 Å². The number of aliphatic hydroxyl groups is 3. The molecule has 3 aliphatic heterocycles. The highest BCUT2D eigenvalue weighted by Gasteiger charge is 2.66. The Morgan fingerprint density at radius 3 is 2.33 bits per heavy atom. The number of imide groups is 1. The number of nitrogens with one attached hydrogen (secondary N) is 3. The zero-order valence-electron chi connectivity index (χ0n) is 56.8. The molecule has 7 aliphatic rings. The van der Waals surface area contributed by atoms with Crippen molar-refractivity contribution in [2.75, 3.05) is 62.4 Å². The van der Waals surface area contributed by atoms with Crippen molar-refractivity contribution in [1.82, 2.24) is 40.2 Å². The number of carboxylic acid groups (broad SMARTS) is 2. The van der Waals surface area contributed by atoms with E-state index in [-0.39, 0.29) is 90.8 Å². The molecule has 4 bridgehead atoms. The Morgan fingerprint density at radius 2 is 1.61 bits per heavy atom. The van der Waals surface area contributed by atoms with Gasteiger partial charge >= 0.3 is 18.0 Å².